The second-order valence-corrected chi connectivity index (χ2v) is 18.4. The lowest BCUT2D eigenvalue weighted by Gasteiger charge is -2.32. The highest BCUT2D eigenvalue weighted by atomic mass is 19.2. The van der Waals surface area contributed by atoms with Crippen molar-refractivity contribution < 1.29 is 18.3 Å². The Labute approximate surface area is 403 Å². The van der Waals surface area contributed by atoms with Gasteiger partial charge in [0.15, 0.2) is 17.3 Å². The minimum absolute atomic E-state index is 0.0235. The van der Waals surface area contributed by atoms with Gasteiger partial charge in [0.05, 0.1) is 54.7 Å². The molecule has 0 radical (unpaired) electrons. The van der Waals surface area contributed by atoms with Gasteiger partial charge in [0.2, 0.25) is 17.8 Å². The Morgan fingerprint density at radius 2 is 1.73 bits per heavy atom. The number of carbonyl (C=O) groups excluding carboxylic acids is 1. The van der Waals surface area contributed by atoms with Crippen molar-refractivity contribution in [1.82, 2.24) is 53.5 Å². The quantitative estimate of drug-likeness (QED) is 0.0808. The topological polar surface area (TPSA) is 167 Å². The fourth-order valence-electron chi connectivity index (χ4n) is 8.91. The first kappa shape index (κ1) is 46.0. The smallest absolute Gasteiger partial charge is 0.252 e. The Bertz CT molecular complexity index is 3280. The van der Waals surface area contributed by atoms with Gasteiger partial charge in [-0.3, -0.25) is 4.79 Å². The van der Waals surface area contributed by atoms with E-state index in [0.29, 0.717) is 58.9 Å². The van der Waals surface area contributed by atoms with Crippen molar-refractivity contribution in [2.75, 3.05) is 100 Å². The number of nitrogens with one attached hydrogen (secondary N) is 3. The molecule has 1 saturated carbocycles. The molecule has 1 saturated heterocycles. The number of likely N-dealkylation sites (N-methyl/N-ethyl adjacent to an activating group) is 3. The Balaban J connectivity index is 0.946. The maximum atomic E-state index is 15.5. The number of hydrogen-bond acceptors (Lipinski definition) is 14. The zero-order chi connectivity index (χ0) is 48.8. The van der Waals surface area contributed by atoms with E-state index >= 15 is 4.39 Å². The number of aromatic nitrogens is 9. The predicted octanol–water partition coefficient (Wildman–Crippen LogP) is 6.89. The number of anilines is 6. The molecular formula is C50H56F2N16O2. The van der Waals surface area contributed by atoms with E-state index in [4.69, 9.17) is 19.7 Å². The standard InChI is InChI=1S/C50H56F2N16O2/c1-30(28-67-40-15-14-35(51)44(52)45(40)59-43(67)27-54-49-61-50(66-22-19-63(4)20-23-66)60-46-33(31-12-13-31)26-55-68(46)49)47(69)56-37-24-38(42(70-7)25-41(37)64(5)21-18-62(2)3)58-48-53-17-16-36(57-48)34-29-65(6)39-11-9-8-10-32(34)39/h8-11,14-17,24-26,29,31H,1,12-13,18-23,27-28H2,2-7H3,(H,56,69)(H,53,57,58)(H,54,60,61). The molecule has 0 spiro atoms. The monoisotopic (exact) mass is 950 g/mol. The summed E-state index contributed by atoms with van der Waals surface area (Å²) in [6, 6.07) is 16.1. The van der Waals surface area contributed by atoms with Gasteiger partial charge in [-0.25, -0.2) is 23.7 Å². The average molecular weight is 951 g/mol. The van der Waals surface area contributed by atoms with E-state index in [1.54, 1.807) is 28.5 Å². The molecule has 362 valence electrons. The van der Waals surface area contributed by atoms with Gasteiger partial charge in [-0.05, 0) is 70.2 Å². The lowest BCUT2D eigenvalue weighted by Crippen LogP contribution is -2.45. The fraction of sp³-hybridized carbons (Fsp3) is 0.340. The van der Waals surface area contributed by atoms with Crippen LogP contribution in [0.2, 0.25) is 0 Å². The first-order valence-electron chi connectivity index (χ1n) is 23.3. The van der Waals surface area contributed by atoms with Crippen LogP contribution in [-0.4, -0.2) is 134 Å². The van der Waals surface area contributed by atoms with Crippen molar-refractivity contribution in [2.45, 2.75) is 31.8 Å². The van der Waals surface area contributed by atoms with E-state index < -0.39 is 17.5 Å². The van der Waals surface area contributed by atoms with Crippen LogP contribution in [0, 0.1) is 11.6 Å². The highest BCUT2D eigenvalue weighted by Gasteiger charge is 2.30. The lowest BCUT2D eigenvalue weighted by molar-refractivity contribution is -0.113. The maximum Gasteiger partial charge on any atom is 0.252 e. The summed E-state index contributed by atoms with van der Waals surface area (Å²) in [6.07, 6.45) is 7.73. The molecule has 1 amide bonds. The third kappa shape index (κ3) is 9.14. The van der Waals surface area contributed by atoms with Crippen molar-refractivity contribution >= 4 is 68.4 Å². The third-order valence-corrected chi connectivity index (χ3v) is 13.1. The van der Waals surface area contributed by atoms with E-state index in [1.165, 1.54) is 6.07 Å². The maximum absolute atomic E-state index is 15.5. The van der Waals surface area contributed by atoms with Crippen molar-refractivity contribution in [3.8, 4) is 17.0 Å². The number of aryl methyl sites for hydroxylation is 1. The number of halogens is 2. The molecule has 2 fully saturated rings. The van der Waals surface area contributed by atoms with Gasteiger partial charge in [-0.2, -0.15) is 19.6 Å². The minimum atomic E-state index is -1.09. The number of imidazole rings is 1. The molecule has 18 nitrogen and oxygen atoms in total. The number of carbonyl (C=O) groups is 1. The molecule has 0 bridgehead atoms. The number of methoxy groups -OCH3 is 1. The van der Waals surface area contributed by atoms with Gasteiger partial charge in [0.1, 0.15) is 17.1 Å². The lowest BCUT2D eigenvalue weighted by atomic mass is 10.1. The zero-order valence-corrected chi connectivity index (χ0v) is 40.2. The summed E-state index contributed by atoms with van der Waals surface area (Å²) in [5.41, 5.74) is 6.45. The van der Waals surface area contributed by atoms with Crippen LogP contribution in [0.1, 0.15) is 30.1 Å². The summed E-state index contributed by atoms with van der Waals surface area (Å²) >= 11 is 0. The number of fused-ring (bicyclic) bond motifs is 3. The highest BCUT2D eigenvalue weighted by Crippen LogP contribution is 2.42. The summed E-state index contributed by atoms with van der Waals surface area (Å²) in [4.78, 5) is 46.9. The van der Waals surface area contributed by atoms with E-state index in [2.05, 4.69) is 76.0 Å². The van der Waals surface area contributed by atoms with Crippen LogP contribution < -0.4 is 30.5 Å². The van der Waals surface area contributed by atoms with Crippen molar-refractivity contribution in [3.63, 3.8) is 0 Å². The van der Waals surface area contributed by atoms with Crippen molar-refractivity contribution in [3.05, 3.63) is 108 Å². The van der Waals surface area contributed by atoms with Crippen LogP contribution in [0.3, 0.4) is 0 Å². The molecule has 20 heteroatoms. The van der Waals surface area contributed by atoms with Crippen LogP contribution in [0.25, 0.3) is 38.8 Å². The van der Waals surface area contributed by atoms with Crippen LogP contribution in [0.15, 0.2) is 85.3 Å². The summed E-state index contributed by atoms with van der Waals surface area (Å²) < 4.78 is 41.6. The minimum Gasteiger partial charge on any atom is -0.494 e. The molecule has 70 heavy (non-hydrogen) atoms. The normalized spacial score (nSPS) is 14.3. The van der Waals surface area contributed by atoms with Crippen LogP contribution in [-0.2, 0) is 24.9 Å². The SMILES string of the molecule is C=C(Cn1c(CNc2nc(N3CCN(C)CC3)nc3c(C4CC4)cnn23)nc2c(F)c(F)ccc21)C(=O)Nc1cc(Nc2nccc(-c3cn(C)c4ccccc34)n2)c(OC)cc1N(C)CCN(C)C. The molecule has 5 aromatic heterocycles. The van der Waals surface area contributed by atoms with Crippen LogP contribution in [0.5, 0.6) is 5.75 Å². The van der Waals surface area contributed by atoms with E-state index in [1.807, 2.05) is 69.7 Å². The number of hydrogen-bond donors (Lipinski definition) is 3. The second-order valence-electron chi connectivity index (χ2n) is 18.4. The number of piperazine rings is 1. The fourth-order valence-corrected chi connectivity index (χ4v) is 8.91. The number of nitrogens with zero attached hydrogens (tertiary/aromatic N) is 13. The highest BCUT2D eigenvalue weighted by molar-refractivity contribution is 6.06. The summed E-state index contributed by atoms with van der Waals surface area (Å²) in [7, 11) is 11.6. The molecular weight excluding hydrogens is 895 g/mol. The first-order chi connectivity index (χ1) is 33.8. The third-order valence-electron chi connectivity index (χ3n) is 13.1. The summed E-state index contributed by atoms with van der Waals surface area (Å²) in [6.45, 7) is 8.76. The van der Waals surface area contributed by atoms with Gasteiger partial charge in [-0.15, -0.1) is 0 Å². The Hall–Kier alpha value is -7.71. The Morgan fingerprint density at radius 3 is 2.50 bits per heavy atom. The van der Waals surface area contributed by atoms with Gasteiger partial charge in [-0.1, -0.05) is 24.8 Å². The number of para-hydroxylation sites is 1. The van der Waals surface area contributed by atoms with Gasteiger partial charge in [0, 0.05) is 99.4 Å². The van der Waals surface area contributed by atoms with E-state index in [9.17, 15) is 9.18 Å². The summed E-state index contributed by atoms with van der Waals surface area (Å²) in [5, 5.41) is 15.6. The molecule has 3 N–H and O–H groups in total. The molecule has 6 heterocycles. The molecule has 8 aromatic rings. The molecule has 1 aliphatic carbocycles. The molecule has 0 unspecified atom stereocenters. The average Bonchev–Trinajstić information content (AvgIpc) is 3.88. The second kappa shape index (κ2) is 19.0. The number of benzene rings is 3. The van der Waals surface area contributed by atoms with E-state index in [-0.39, 0.29) is 29.7 Å². The molecule has 1 aliphatic heterocycles. The predicted molar refractivity (Wildman–Crippen MR) is 269 cm³/mol. The van der Waals surface area contributed by atoms with Crippen LogP contribution in [0.4, 0.5) is 43.7 Å². The van der Waals surface area contributed by atoms with Gasteiger partial charge in [0.25, 0.3) is 5.91 Å². The van der Waals surface area contributed by atoms with Gasteiger partial charge < -0.3 is 49.4 Å². The van der Waals surface area contributed by atoms with Crippen molar-refractivity contribution in [2.24, 2.45) is 7.05 Å². The Kier molecular flexibility index (Phi) is 12.5. The largest absolute Gasteiger partial charge is 0.494 e. The number of amides is 1. The molecule has 10 rings (SSSR count). The van der Waals surface area contributed by atoms with Crippen molar-refractivity contribution in [1.29, 1.82) is 0 Å². The number of rotatable bonds is 17. The molecule has 2 aliphatic rings. The summed E-state index contributed by atoms with van der Waals surface area (Å²) in [5.74, 6) is -0.0906. The zero-order valence-electron chi connectivity index (χ0n) is 40.2. The van der Waals surface area contributed by atoms with E-state index in [0.717, 1.165) is 85.0 Å². The van der Waals surface area contributed by atoms with Crippen LogP contribution >= 0.6 is 0 Å². The number of ether oxygens (including phenoxy) is 1. The van der Waals surface area contributed by atoms with Gasteiger partial charge >= 0.3 is 0 Å². The molecule has 0 atom stereocenters. The molecule has 3 aromatic carbocycles. The first-order valence-corrected chi connectivity index (χ1v) is 23.3. The Morgan fingerprint density at radius 1 is 0.929 bits per heavy atom.